The molecule has 0 fully saturated rings. The SMILES string of the molecule is Cc1cc(NC(=O)c2c3c(c(C)n2C)C(=O)NC(C)(C)CC3)cnc1F. The molecule has 0 bridgehead atoms. The number of aryl methyl sites for hydroxylation is 1. The van der Waals surface area contributed by atoms with Gasteiger partial charge in [-0.25, -0.2) is 4.98 Å². The number of fused-ring (bicyclic) bond motifs is 1. The van der Waals surface area contributed by atoms with Crippen LogP contribution in [-0.2, 0) is 13.5 Å². The molecule has 0 spiro atoms. The molecule has 0 atom stereocenters. The lowest BCUT2D eigenvalue weighted by Gasteiger charge is -2.23. The maximum Gasteiger partial charge on any atom is 0.272 e. The minimum atomic E-state index is -0.564. The quantitative estimate of drug-likeness (QED) is 0.811. The summed E-state index contributed by atoms with van der Waals surface area (Å²) in [4.78, 5) is 29.2. The Morgan fingerprint density at radius 2 is 2.08 bits per heavy atom. The third kappa shape index (κ3) is 3.09. The Balaban J connectivity index is 2.01. The summed E-state index contributed by atoms with van der Waals surface area (Å²) in [5.74, 6) is -1.06. The first-order chi connectivity index (χ1) is 12.1. The van der Waals surface area contributed by atoms with Gasteiger partial charge in [-0.1, -0.05) is 0 Å². The molecule has 3 heterocycles. The van der Waals surface area contributed by atoms with E-state index in [-0.39, 0.29) is 17.4 Å². The number of nitrogens with one attached hydrogen (secondary N) is 2. The fourth-order valence-electron chi connectivity index (χ4n) is 3.40. The summed E-state index contributed by atoms with van der Waals surface area (Å²) in [5, 5.41) is 5.79. The van der Waals surface area contributed by atoms with Gasteiger partial charge in [-0.3, -0.25) is 9.59 Å². The number of amides is 2. The molecule has 7 heteroatoms. The highest BCUT2D eigenvalue weighted by Crippen LogP contribution is 2.29. The van der Waals surface area contributed by atoms with Crippen LogP contribution in [0.5, 0.6) is 0 Å². The molecule has 2 aromatic rings. The molecular weight excluding hydrogens is 335 g/mol. The van der Waals surface area contributed by atoms with Crippen LogP contribution in [0.15, 0.2) is 12.3 Å². The molecule has 26 heavy (non-hydrogen) atoms. The number of rotatable bonds is 2. The number of pyridine rings is 1. The zero-order chi connectivity index (χ0) is 19.2. The standard InChI is InChI=1S/C19H23FN4O2/c1-10-8-12(9-21-16(10)20)22-18(26)15-13-6-7-19(3,4)23-17(25)14(13)11(2)24(15)5/h8-9H,6-7H2,1-5H3,(H,22,26)(H,23,25). The first-order valence-electron chi connectivity index (χ1n) is 8.55. The summed E-state index contributed by atoms with van der Waals surface area (Å²) >= 11 is 0. The lowest BCUT2D eigenvalue weighted by Crippen LogP contribution is -2.42. The summed E-state index contributed by atoms with van der Waals surface area (Å²) in [7, 11) is 1.77. The van der Waals surface area contributed by atoms with Gasteiger partial charge in [0.15, 0.2) is 0 Å². The first kappa shape index (κ1) is 18.1. The number of carbonyl (C=O) groups excluding carboxylic acids is 2. The molecule has 138 valence electrons. The third-order valence-electron chi connectivity index (χ3n) is 4.95. The predicted octanol–water partition coefficient (Wildman–Crippen LogP) is 2.88. The van der Waals surface area contributed by atoms with Crippen LogP contribution >= 0.6 is 0 Å². The lowest BCUT2D eigenvalue weighted by atomic mass is 9.96. The molecule has 0 saturated carbocycles. The van der Waals surface area contributed by atoms with Crippen molar-refractivity contribution in [3.63, 3.8) is 0 Å². The van der Waals surface area contributed by atoms with Crippen LogP contribution in [0.3, 0.4) is 0 Å². The first-order valence-corrected chi connectivity index (χ1v) is 8.55. The molecule has 2 amide bonds. The van der Waals surface area contributed by atoms with E-state index < -0.39 is 5.95 Å². The normalized spacial score (nSPS) is 15.8. The van der Waals surface area contributed by atoms with Crippen molar-refractivity contribution < 1.29 is 14.0 Å². The second-order valence-electron chi connectivity index (χ2n) is 7.47. The van der Waals surface area contributed by atoms with Crippen LogP contribution in [0.4, 0.5) is 10.1 Å². The third-order valence-corrected chi connectivity index (χ3v) is 4.95. The number of carbonyl (C=O) groups is 2. The number of hydrogen-bond donors (Lipinski definition) is 2. The summed E-state index contributed by atoms with van der Waals surface area (Å²) in [6.45, 7) is 7.36. The van der Waals surface area contributed by atoms with Crippen molar-refractivity contribution in [3.8, 4) is 0 Å². The van der Waals surface area contributed by atoms with E-state index in [0.29, 0.717) is 28.9 Å². The molecule has 0 aliphatic carbocycles. The zero-order valence-corrected chi connectivity index (χ0v) is 15.7. The van der Waals surface area contributed by atoms with Crippen LogP contribution < -0.4 is 10.6 Å². The largest absolute Gasteiger partial charge is 0.347 e. The van der Waals surface area contributed by atoms with Crippen molar-refractivity contribution in [1.29, 1.82) is 0 Å². The Hall–Kier alpha value is -2.70. The van der Waals surface area contributed by atoms with Crippen LogP contribution in [-0.4, -0.2) is 26.9 Å². The maximum absolute atomic E-state index is 13.3. The number of hydrogen-bond acceptors (Lipinski definition) is 3. The Labute approximate surface area is 151 Å². The molecule has 0 unspecified atom stereocenters. The van der Waals surface area contributed by atoms with Gasteiger partial charge in [-0.2, -0.15) is 4.39 Å². The Morgan fingerprint density at radius 3 is 2.73 bits per heavy atom. The summed E-state index contributed by atoms with van der Waals surface area (Å²) < 4.78 is 15.1. The Bertz CT molecular complexity index is 915. The number of aromatic nitrogens is 2. The van der Waals surface area contributed by atoms with Crippen molar-refractivity contribution in [2.75, 3.05) is 5.32 Å². The van der Waals surface area contributed by atoms with E-state index in [1.54, 1.807) is 18.5 Å². The van der Waals surface area contributed by atoms with E-state index >= 15 is 0 Å². The Kier molecular flexibility index (Phi) is 4.34. The van der Waals surface area contributed by atoms with Crippen molar-refractivity contribution in [1.82, 2.24) is 14.9 Å². The van der Waals surface area contributed by atoms with Crippen molar-refractivity contribution in [2.24, 2.45) is 7.05 Å². The van der Waals surface area contributed by atoms with Crippen LogP contribution in [0.2, 0.25) is 0 Å². The fourth-order valence-corrected chi connectivity index (χ4v) is 3.40. The second kappa shape index (κ2) is 6.23. The molecule has 1 aliphatic heterocycles. The lowest BCUT2D eigenvalue weighted by molar-refractivity contribution is 0.0914. The highest BCUT2D eigenvalue weighted by Gasteiger charge is 2.34. The molecule has 2 N–H and O–H groups in total. The summed E-state index contributed by atoms with van der Waals surface area (Å²) in [6.07, 6.45) is 2.63. The van der Waals surface area contributed by atoms with Crippen LogP contribution in [0, 0.1) is 19.8 Å². The number of anilines is 1. The van der Waals surface area contributed by atoms with E-state index in [9.17, 15) is 14.0 Å². The van der Waals surface area contributed by atoms with Gasteiger partial charge in [0.05, 0.1) is 17.4 Å². The average Bonchev–Trinajstić information content (AvgIpc) is 2.72. The molecule has 0 saturated heterocycles. The highest BCUT2D eigenvalue weighted by atomic mass is 19.1. The van der Waals surface area contributed by atoms with E-state index in [1.807, 2.05) is 20.8 Å². The summed E-state index contributed by atoms with van der Waals surface area (Å²) in [6, 6.07) is 1.53. The van der Waals surface area contributed by atoms with Gasteiger partial charge in [-0.15, -0.1) is 0 Å². The zero-order valence-electron chi connectivity index (χ0n) is 15.7. The smallest absolute Gasteiger partial charge is 0.272 e. The average molecular weight is 358 g/mol. The van der Waals surface area contributed by atoms with E-state index in [1.165, 1.54) is 12.3 Å². The second-order valence-corrected chi connectivity index (χ2v) is 7.47. The van der Waals surface area contributed by atoms with Gasteiger partial charge in [0.2, 0.25) is 5.95 Å². The van der Waals surface area contributed by atoms with E-state index in [0.717, 1.165) is 17.7 Å². The highest BCUT2D eigenvalue weighted by molar-refractivity contribution is 6.08. The van der Waals surface area contributed by atoms with Crippen molar-refractivity contribution in [2.45, 2.75) is 46.1 Å². The fraction of sp³-hybridized carbons (Fsp3) is 0.421. The van der Waals surface area contributed by atoms with Gasteiger partial charge in [0.25, 0.3) is 11.8 Å². The minimum absolute atomic E-state index is 0.158. The molecule has 6 nitrogen and oxygen atoms in total. The van der Waals surface area contributed by atoms with Gasteiger partial charge >= 0.3 is 0 Å². The van der Waals surface area contributed by atoms with Gasteiger partial charge in [-0.05, 0) is 52.2 Å². The summed E-state index contributed by atoms with van der Waals surface area (Å²) in [5.41, 5.74) is 2.95. The molecule has 1 aliphatic rings. The Morgan fingerprint density at radius 1 is 1.38 bits per heavy atom. The molecule has 0 aromatic carbocycles. The maximum atomic E-state index is 13.3. The number of nitrogens with zero attached hydrogens (tertiary/aromatic N) is 2. The molecule has 2 aromatic heterocycles. The van der Waals surface area contributed by atoms with Gasteiger partial charge < -0.3 is 15.2 Å². The number of halogens is 1. The van der Waals surface area contributed by atoms with Gasteiger partial charge in [0.1, 0.15) is 5.69 Å². The molecule has 3 rings (SSSR count). The van der Waals surface area contributed by atoms with E-state index in [4.69, 9.17) is 0 Å². The molecule has 0 radical (unpaired) electrons. The minimum Gasteiger partial charge on any atom is -0.347 e. The molecular formula is C19H23FN4O2. The predicted molar refractivity (Wildman–Crippen MR) is 96.9 cm³/mol. The monoisotopic (exact) mass is 358 g/mol. The van der Waals surface area contributed by atoms with E-state index in [2.05, 4.69) is 15.6 Å². The van der Waals surface area contributed by atoms with Crippen molar-refractivity contribution in [3.05, 3.63) is 46.3 Å². The van der Waals surface area contributed by atoms with Crippen LogP contribution in [0.1, 0.15) is 57.9 Å². The van der Waals surface area contributed by atoms with Crippen molar-refractivity contribution >= 4 is 17.5 Å². The van der Waals surface area contributed by atoms with Crippen LogP contribution in [0.25, 0.3) is 0 Å². The topological polar surface area (TPSA) is 76.0 Å². The van der Waals surface area contributed by atoms with Gasteiger partial charge in [0, 0.05) is 23.8 Å².